The Morgan fingerprint density at radius 3 is 2.50 bits per heavy atom. The predicted octanol–water partition coefficient (Wildman–Crippen LogP) is -1.27. The Labute approximate surface area is 89.4 Å². The maximum absolute atomic E-state index is 11.1. The van der Waals surface area contributed by atoms with Gasteiger partial charge in [-0.05, 0) is 0 Å². The highest BCUT2D eigenvalue weighted by molar-refractivity contribution is 7.87. The van der Waals surface area contributed by atoms with E-state index in [-0.39, 0.29) is 18.1 Å². The zero-order valence-electron chi connectivity index (χ0n) is 7.95. The summed E-state index contributed by atoms with van der Waals surface area (Å²) >= 11 is 4.59. The molecule has 6 nitrogen and oxygen atoms in total. The fourth-order valence-electron chi connectivity index (χ4n) is 0.638. The number of nitrogens with two attached hydrogens (primary N) is 1. The molecule has 0 aliphatic carbocycles. The van der Waals surface area contributed by atoms with Crippen molar-refractivity contribution in [1.82, 2.24) is 9.44 Å². The van der Waals surface area contributed by atoms with Crippen molar-refractivity contribution in [2.75, 3.05) is 26.8 Å². The van der Waals surface area contributed by atoms with Gasteiger partial charge in [-0.1, -0.05) is 12.2 Å². The molecule has 0 saturated heterocycles. The summed E-state index contributed by atoms with van der Waals surface area (Å²) < 4.78 is 31.5. The Balaban J connectivity index is 3.67. The summed E-state index contributed by atoms with van der Waals surface area (Å²) in [6.45, 7) is 0.771. The molecule has 0 heterocycles. The zero-order chi connectivity index (χ0) is 11.0. The van der Waals surface area contributed by atoms with Crippen LogP contribution in [0.1, 0.15) is 6.42 Å². The largest absolute Gasteiger partial charge is 0.393 e. The molecule has 0 rings (SSSR count). The molecule has 0 atom stereocenters. The van der Waals surface area contributed by atoms with E-state index in [1.807, 2.05) is 0 Å². The fraction of sp³-hybridized carbons (Fsp3) is 0.833. The summed E-state index contributed by atoms with van der Waals surface area (Å²) in [6.07, 6.45) is 0.348. The van der Waals surface area contributed by atoms with E-state index in [1.54, 1.807) is 0 Å². The van der Waals surface area contributed by atoms with Gasteiger partial charge < -0.3 is 10.5 Å². The second-order valence-corrected chi connectivity index (χ2v) is 4.61. The molecule has 0 bridgehead atoms. The average molecular weight is 241 g/mol. The van der Waals surface area contributed by atoms with Crippen molar-refractivity contribution in [2.24, 2.45) is 5.73 Å². The smallest absolute Gasteiger partial charge is 0.276 e. The van der Waals surface area contributed by atoms with Gasteiger partial charge in [-0.15, -0.1) is 0 Å². The van der Waals surface area contributed by atoms with Crippen LogP contribution >= 0.6 is 12.2 Å². The van der Waals surface area contributed by atoms with Crippen LogP contribution < -0.4 is 15.2 Å². The first-order valence-corrected chi connectivity index (χ1v) is 5.88. The molecule has 0 saturated carbocycles. The van der Waals surface area contributed by atoms with E-state index in [4.69, 9.17) is 5.73 Å². The lowest BCUT2D eigenvalue weighted by atomic mass is 10.4. The Hall–Kier alpha value is -0.280. The number of nitrogens with one attached hydrogen (secondary N) is 2. The number of ether oxygens (including phenoxy) is 1. The standard InChI is InChI=1S/C6H15N3O3S2/c1-12-5-4-9-14(10,11)8-3-2-6(7)13/h8-9H,2-5H2,1H3,(H2,7,13). The van der Waals surface area contributed by atoms with Gasteiger partial charge in [0.15, 0.2) is 0 Å². The first-order valence-electron chi connectivity index (χ1n) is 3.99. The molecule has 0 fully saturated rings. The third-order valence-corrected chi connectivity index (χ3v) is 2.63. The molecule has 84 valence electrons. The van der Waals surface area contributed by atoms with E-state index in [9.17, 15) is 8.42 Å². The molecule has 0 amide bonds. The third-order valence-electron chi connectivity index (χ3n) is 1.26. The van der Waals surface area contributed by atoms with Crippen LogP contribution in [0, 0.1) is 0 Å². The highest BCUT2D eigenvalue weighted by Crippen LogP contribution is 1.81. The normalized spacial score (nSPS) is 11.5. The summed E-state index contributed by atoms with van der Waals surface area (Å²) in [4.78, 5) is 0.282. The average Bonchev–Trinajstić information content (AvgIpc) is 2.03. The van der Waals surface area contributed by atoms with Crippen molar-refractivity contribution in [3.05, 3.63) is 0 Å². The Kier molecular flexibility index (Phi) is 6.93. The fourth-order valence-corrected chi connectivity index (χ4v) is 1.56. The van der Waals surface area contributed by atoms with Gasteiger partial charge in [0.05, 0.1) is 11.6 Å². The summed E-state index contributed by atoms with van der Waals surface area (Å²) in [5.41, 5.74) is 5.20. The molecule has 0 spiro atoms. The molecule has 0 aliphatic rings. The van der Waals surface area contributed by atoms with Crippen molar-refractivity contribution in [2.45, 2.75) is 6.42 Å². The van der Waals surface area contributed by atoms with Gasteiger partial charge in [0, 0.05) is 26.6 Å². The van der Waals surface area contributed by atoms with E-state index in [2.05, 4.69) is 26.4 Å². The molecule has 0 aromatic heterocycles. The van der Waals surface area contributed by atoms with Crippen molar-refractivity contribution in [3.63, 3.8) is 0 Å². The van der Waals surface area contributed by atoms with Gasteiger partial charge in [-0.3, -0.25) is 0 Å². The lowest BCUT2D eigenvalue weighted by Gasteiger charge is -2.06. The lowest BCUT2D eigenvalue weighted by Crippen LogP contribution is -2.39. The quantitative estimate of drug-likeness (QED) is 0.364. The first kappa shape index (κ1) is 13.7. The first-order chi connectivity index (χ1) is 6.48. The molecular weight excluding hydrogens is 226 g/mol. The van der Waals surface area contributed by atoms with Crippen molar-refractivity contribution in [1.29, 1.82) is 0 Å². The second-order valence-electron chi connectivity index (χ2n) is 2.50. The van der Waals surface area contributed by atoms with Crippen LogP contribution in [0.2, 0.25) is 0 Å². The van der Waals surface area contributed by atoms with Gasteiger partial charge in [-0.2, -0.15) is 13.1 Å². The van der Waals surface area contributed by atoms with Gasteiger partial charge in [0.1, 0.15) is 0 Å². The van der Waals surface area contributed by atoms with Crippen LogP contribution in [0.4, 0.5) is 0 Å². The molecule has 0 aliphatic heterocycles. The van der Waals surface area contributed by atoms with Gasteiger partial charge >= 0.3 is 0 Å². The van der Waals surface area contributed by atoms with Crippen LogP contribution in [-0.2, 0) is 14.9 Å². The number of thiocarbonyl (C=S) groups is 1. The Morgan fingerprint density at radius 2 is 2.00 bits per heavy atom. The van der Waals surface area contributed by atoms with Crippen molar-refractivity contribution >= 4 is 27.4 Å². The minimum Gasteiger partial charge on any atom is -0.393 e. The molecule has 0 aromatic carbocycles. The van der Waals surface area contributed by atoms with Crippen LogP contribution in [0.25, 0.3) is 0 Å². The van der Waals surface area contributed by atoms with Crippen molar-refractivity contribution < 1.29 is 13.2 Å². The van der Waals surface area contributed by atoms with Crippen LogP contribution in [0.5, 0.6) is 0 Å². The maximum Gasteiger partial charge on any atom is 0.276 e. The predicted molar refractivity (Wildman–Crippen MR) is 58.2 cm³/mol. The zero-order valence-corrected chi connectivity index (χ0v) is 9.58. The minimum absolute atomic E-state index is 0.206. The number of rotatable bonds is 8. The third kappa shape index (κ3) is 8.32. The van der Waals surface area contributed by atoms with Crippen LogP contribution in [0.3, 0.4) is 0 Å². The number of methoxy groups -OCH3 is 1. The molecule has 0 unspecified atom stereocenters. The van der Waals surface area contributed by atoms with Crippen LogP contribution in [-0.4, -0.2) is 40.2 Å². The maximum atomic E-state index is 11.1. The molecule has 14 heavy (non-hydrogen) atoms. The number of hydrogen-bond acceptors (Lipinski definition) is 4. The molecule has 4 N–H and O–H groups in total. The highest BCUT2D eigenvalue weighted by atomic mass is 32.2. The van der Waals surface area contributed by atoms with E-state index in [0.717, 1.165) is 0 Å². The molecule has 0 aromatic rings. The van der Waals surface area contributed by atoms with E-state index in [1.165, 1.54) is 7.11 Å². The molecular formula is C6H15N3O3S2. The Bertz CT molecular complexity index is 265. The van der Waals surface area contributed by atoms with E-state index < -0.39 is 10.2 Å². The number of hydrogen-bond donors (Lipinski definition) is 3. The lowest BCUT2D eigenvalue weighted by molar-refractivity contribution is 0.204. The van der Waals surface area contributed by atoms with E-state index in [0.29, 0.717) is 13.0 Å². The van der Waals surface area contributed by atoms with Gasteiger partial charge in [0.2, 0.25) is 0 Å². The summed E-state index contributed by atoms with van der Waals surface area (Å²) in [7, 11) is -1.95. The Morgan fingerprint density at radius 1 is 1.43 bits per heavy atom. The van der Waals surface area contributed by atoms with Gasteiger partial charge in [-0.25, -0.2) is 4.72 Å². The highest BCUT2D eigenvalue weighted by Gasteiger charge is 2.06. The second kappa shape index (κ2) is 7.07. The molecule has 8 heteroatoms. The van der Waals surface area contributed by atoms with Crippen LogP contribution in [0.15, 0.2) is 0 Å². The monoisotopic (exact) mass is 241 g/mol. The SMILES string of the molecule is COCCNS(=O)(=O)NCCC(N)=S. The summed E-state index contributed by atoms with van der Waals surface area (Å²) in [5, 5.41) is 0. The van der Waals surface area contributed by atoms with E-state index >= 15 is 0 Å². The topological polar surface area (TPSA) is 93.4 Å². The summed E-state index contributed by atoms with van der Waals surface area (Å²) in [5.74, 6) is 0. The van der Waals surface area contributed by atoms with Gasteiger partial charge in [0.25, 0.3) is 10.2 Å². The van der Waals surface area contributed by atoms with Crippen molar-refractivity contribution in [3.8, 4) is 0 Å². The minimum atomic E-state index is -3.44. The molecule has 0 radical (unpaired) electrons. The summed E-state index contributed by atoms with van der Waals surface area (Å²) in [6, 6.07) is 0.